The Balaban J connectivity index is 1.69. The molecule has 1 saturated heterocycles. The van der Waals surface area contributed by atoms with Crippen LogP contribution in [0.4, 0.5) is 0 Å². The van der Waals surface area contributed by atoms with E-state index >= 15 is 0 Å². The quantitative estimate of drug-likeness (QED) is 0.862. The molecule has 1 aliphatic heterocycles. The molecule has 1 aliphatic rings. The van der Waals surface area contributed by atoms with Gasteiger partial charge in [0.25, 0.3) is 0 Å². The lowest BCUT2D eigenvalue weighted by atomic mass is 10.1. The third-order valence-electron chi connectivity index (χ3n) is 3.99. The van der Waals surface area contributed by atoms with Gasteiger partial charge >= 0.3 is 0 Å². The Hall–Kier alpha value is -2.15. The number of aromatic nitrogens is 4. The molecule has 2 N–H and O–H groups in total. The highest BCUT2D eigenvalue weighted by atomic mass is 16.2. The molecule has 0 radical (unpaired) electrons. The molecule has 3 heterocycles. The number of rotatable bonds is 4. The average Bonchev–Trinajstić information content (AvgIpc) is 3.19. The molecule has 1 atom stereocenters. The smallest absolute Gasteiger partial charge is 0.228 e. The lowest BCUT2D eigenvalue weighted by molar-refractivity contribution is -0.133. The lowest BCUT2D eigenvalue weighted by Gasteiger charge is -2.40. The van der Waals surface area contributed by atoms with Crippen molar-refractivity contribution in [2.45, 2.75) is 19.4 Å². The van der Waals surface area contributed by atoms with Crippen LogP contribution < -0.4 is 0 Å². The molecule has 2 aromatic rings. The number of imidazole rings is 1. The van der Waals surface area contributed by atoms with Crippen molar-refractivity contribution in [2.24, 2.45) is 0 Å². The highest BCUT2D eigenvalue weighted by Crippen LogP contribution is 2.22. The molecular formula is C14H20N6O. The molecule has 112 valence electrons. The van der Waals surface area contributed by atoms with Crippen molar-refractivity contribution in [1.29, 1.82) is 0 Å². The number of aromatic amines is 2. The molecule has 0 spiro atoms. The molecule has 7 heteroatoms. The van der Waals surface area contributed by atoms with E-state index in [9.17, 15) is 4.79 Å². The predicted octanol–water partition coefficient (Wildman–Crippen LogP) is 0.581. The van der Waals surface area contributed by atoms with E-state index in [-0.39, 0.29) is 11.9 Å². The zero-order valence-corrected chi connectivity index (χ0v) is 12.1. The number of carbonyl (C=O) groups excluding carboxylic acids is 1. The number of carbonyl (C=O) groups is 1. The summed E-state index contributed by atoms with van der Waals surface area (Å²) in [6.07, 6.45) is 5.63. The van der Waals surface area contributed by atoms with Crippen LogP contribution in [0.25, 0.3) is 0 Å². The number of likely N-dealkylation sites (N-methyl/N-ethyl adjacent to an activating group) is 1. The van der Waals surface area contributed by atoms with Gasteiger partial charge in [0, 0.05) is 43.9 Å². The van der Waals surface area contributed by atoms with Crippen LogP contribution in [0.2, 0.25) is 0 Å². The van der Waals surface area contributed by atoms with Gasteiger partial charge in [-0.1, -0.05) is 6.92 Å². The fraction of sp³-hybridized carbons (Fsp3) is 0.500. The van der Waals surface area contributed by atoms with Crippen LogP contribution in [0.15, 0.2) is 24.7 Å². The van der Waals surface area contributed by atoms with E-state index in [4.69, 9.17) is 0 Å². The molecule has 1 fully saturated rings. The maximum Gasteiger partial charge on any atom is 0.228 e. The number of nitrogens with one attached hydrogen (secondary N) is 2. The van der Waals surface area contributed by atoms with E-state index < -0.39 is 0 Å². The summed E-state index contributed by atoms with van der Waals surface area (Å²) in [5.74, 6) is 1.06. The first kappa shape index (κ1) is 13.8. The van der Waals surface area contributed by atoms with Gasteiger partial charge in [-0.3, -0.25) is 14.8 Å². The van der Waals surface area contributed by atoms with E-state index in [1.807, 2.05) is 17.2 Å². The zero-order chi connectivity index (χ0) is 14.7. The summed E-state index contributed by atoms with van der Waals surface area (Å²) in [6, 6.07) is 1.98. The Bertz CT molecular complexity index is 564. The Morgan fingerprint density at radius 2 is 2.33 bits per heavy atom. The second kappa shape index (κ2) is 6.09. The fourth-order valence-electron chi connectivity index (χ4n) is 2.80. The van der Waals surface area contributed by atoms with Crippen molar-refractivity contribution in [3.05, 3.63) is 36.2 Å². The van der Waals surface area contributed by atoms with Gasteiger partial charge in [-0.25, -0.2) is 4.98 Å². The van der Waals surface area contributed by atoms with Gasteiger partial charge in [-0.15, -0.1) is 0 Å². The summed E-state index contributed by atoms with van der Waals surface area (Å²) in [5, 5.41) is 6.72. The number of H-pyrrole nitrogens is 2. The zero-order valence-electron chi connectivity index (χ0n) is 12.1. The minimum Gasteiger partial charge on any atom is -0.347 e. The first-order chi connectivity index (χ1) is 10.3. The molecule has 2 aromatic heterocycles. The van der Waals surface area contributed by atoms with Crippen LogP contribution in [-0.2, 0) is 11.2 Å². The second-order valence-corrected chi connectivity index (χ2v) is 5.22. The molecular weight excluding hydrogens is 268 g/mol. The van der Waals surface area contributed by atoms with Crippen molar-refractivity contribution in [2.75, 3.05) is 26.2 Å². The average molecular weight is 288 g/mol. The number of hydrogen-bond acceptors (Lipinski definition) is 4. The summed E-state index contributed by atoms with van der Waals surface area (Å²) in [6.45, 7) is 5.40. The third-order valence-corrected chi connectivity index (χ3v) is 3.99. The second-order valence-electron chi connectivity index (χ2n) is 5.22. The van der Waals surface area contributed by atoms with Gasteiger partial charge < -0.3 is 9.88 Å². The largest absolute Gasteiger partial charge is 0.347 e. The molecule has 0 aliphatic carbocycles. The number of piperazine rings is 1. The SMILES string of the molecule is CCN1CCN(C(=O)Cc2ccn[nH]2)C[C@@H]1c1ncc[nH]1. The van der Waals surface area contributed by atoms with Gasteiger partial charge in [0.15, 0.2) is 0 Å². The van der Waals surface area contributed by atoms with Crippen LogP contribution in [0.3, 0.4) is 0 Å². The van der Waals surface area contributed by atoms with Crippen LogP contribution in [0.5, 0.6) is 0 Å². The minimum absolute atomic E-state index is 0.131. The first-order valence-corrected chi connectivity index (χ1v) is 7.27. The van der Waals surface area contributed by atoms with Gasteiger partial charge in [-0.2, -0.15) is 5.10 Å². The van der Waals surface area contributed by atoms with Crippen molar-refractivity contribution in [3.8, 4) is 0 Å². The molecule has 7 nitrogen and oxygen atoms in total. The molecule has 1 amide bonds. The van der Waals surface area contributed by atoms with Gasteiger partial charge in [0.1, 0.15) is 5.82 Å². The van der Waals surface area contributed by atoms with Crippen molar-refractivity contribution >= 4 is 5.91 Å². The van der Waals surface area contributed by atoms with Crippen LogP contribution in [-0.4, -0.2) is 62.1 Å². The molecule has 21 heavy (non-hydrogen) atoms. The van der Waals surface area contributed by atoms with Crippen molar-refractivity contribution in [3.63, 3.8) is 0 Å². The van der Waals surface area contributed by atoms with Crippen molar-refractivity contribution < 1.29 is 4.79 Å². The van der Waals surface area contributed by atoms with E-state index in [2.05, 4.69) is 32.0 Å². The van der Waals surface area contributed by atoms with E-state index in [1.54, 1.807) is 12.4 Å². The monoisotopic (exact) mass is 288 g/mol. The number of nitrogens with zero attached hydrogens (tertiary/aromatic N) is 4. The predicted molar refractivity (Wildman–Crippen MR) is 77.4 cm³/mol. The Morgan fingerprint density at radius 3 is 3.00 bits per heavy atom. The summed E-state index contributed by atoms with van der Waals surface area (Å²) in [5.41, 5.74) is 0.854. The summed E-state index contributed by atoms with van der Waals surface area (Å²) >= 11 is 0. The van der Waals surface area contributed by atoms with Crippen LogP contribution in [0.1, 0.15) is 24.5 Å². The van der Waals surface area contributed by atoms with Crippen LogP contribution >= 0.6 is 0 Å². The number of hydrogen-bond donors (Lipinski definition) is 2. The van der Waals surface area contributed by atoms with Crippen molar-refractivity contribution in [1.82, 2.24) is 30.0 Å². The molecule has 0 unspecified atom stereocenters. The molecule has 0 aromatic carbocycles. The lowest BCUT2D eigenvalue weighted by Crippen LogP contribution is -2.51. The number of amides is 1. The first-order valence-electron chi connectivity index (χ1n) is 7.27. The Labute approximate surface area is 123 Å². The van der Waals surface area contributed by atoms with Gasteiger partial charge in [-0.05, 0) is 12.6 Å². The summed E-state index contributed by atoms with van der Waals surface area (Å²) < 4.78 is 0. The maximum absolute atomic E-state index is 12.4. The summed E-state index contributed by atoms with van der Waals surface area (Å²) in [7, 11) is 0. The standard InChI is InChI=1S/C14H20N6O/c1-2-19-7-8-20(10-12(19)14-15-5-6-16-14)13(21)9-11-3-4-17-18-11/h3-6,12H,2,7-10H2,1H3,(H,15,16)(H,17,18)/t12-/m1/s1. The highest BCUT2D eigenvalue weighted by Gasteiger charge is 2.31. The van der Waals surface area contributed by atoms with Crippen LogP contribution in [0, 0.1) is 0 Å². The van der Waals surface area contributed by atoms with E-state index in [0.29, 0.717) is 13.0 Å². The van der Waals surface area contributed by atoms with E-state index in [0.717, 1.165) is 31.2 Å². The molecule has 0 saturated carbocycles. The summed E-state index contributed by atoms with van der Waals surface area (Å²) in [4.78, 5) is 24.2. The van der Waals surface area contributed by atoms with Gasteiger partial charge in [0.05, 0.1) is 12.5 Å². The molecule has 0 bridgehead atoms. The highest BCUT2D eigenvalue weighted by molar-refractivity contribution is 5.78. The maximum atomic E-state index is 12.4. The Kier molecular flexibility index (Phi) is 4.01. The fourth-order valence-corrected chi connectivity index (χ4v) is 2.80. The minimum atomic E-state index is 0.131. The molecule has 3 rings (SSSR count). The Morgan fingerprint density at radius 1 is 1.43 bits per heavy atom. The topological polar surface area (TPSA) is 80.9 Å². The third kappa shape index (κ3) is 2.97. The normalized spacial score (nSPS) is 19.9. The van der Waals surface area contributed by atoms with E-state index in [1.165, 1.54) is 0 Å². The van der Waals surface area contributed by atoms with Gasteiger partial charge in [0.2, 0.25) is 5.91 Å².